The van der Waals surface area contributed by atoms with Gasteiger partial charge in [0.05, 0.1) is 11.7 Å². The second-order valence-electron chi connectivity index (χ2n) is 15.9. The van der Waals surface area contributed by atoms with Crippen molar-refractivity contribution in [2.24, 2.45) is 35.0 Å². The smallest absolute Gasteiger partial charge is 0.220 e. The molecular formula is C39H54N2O3. The van der Waals surface area contributed by atoms with Gasteiger partial charge < -0.3 is 10.1 Å². The Bertz CT molecular complexity index is 1330. The molecule has 238 valence electrons. The first kappa shape index (κ1) is 30.4. The Morgan fingerprint density at radius 2 is 1.98 bits per heavy atom. The van der Waals surface area contributed by atoms with Gasteiger partial charge in [0.1, 0.15) is 5.78 Å². The fourth-order valence-corrected chi connectivity index (χ4v) is 11.0. The minimum absolute atomic E-state index is 0.0790. The van der Waals surface area contributed by atoms with E-state index in [4.69, 9.17) is 4.74 Å². The van der Waals surface area contributed by atoms with E-state index in [1.807, 2.05) is 18.2 Å². The molecule has 5 nitrogen and oxygen atoms in total. The number of likely N-dealkylation sites (tertiary alicyclic amines) is 1. The average molecular weight is 599 g/mol. The molecule has 0 radical (unpaired) electrons. The topological polar surface area (TPSA) is 58.6 Å². The van der Waals surface area contributed by atoms with Crippen molar-refractivity contribution in [3.63, 3.8) is 0 Å². The van der Waals surface area contributed by atoms with Crippen molar-refractivity contribution in [2.45, 2.75) is 116 Å². The number of piperidine rings is 1. The molecule has 4 aliphatic carbocycles. The molecule has 2 aliphatic heterocycles. The van der Waals surface area contributed by atoms with E-state index in [2.05, 4.69) is 56.1 Å². The third-order valence-corrected chi connectivity index (χ3v) is 13.3. The second-order valence-corrected chi connectivity index (χ2v) is 15.9. The van der Waals surface area contributed by atoms with E-state index in [0.717, 1.165) is 64.0 Å². The molecule has 1 N–H and O–H groups in total. The SMILES string of the molecule is CC1=C2C[C@H]3[C@@H](CC=C4CC(=O)CC[C@@]43C)[C@@H]2CC[C@@]2(C1)O[C@@H]1C[C@H](C)CN(CCNC(=O)CCc3ccccc3)[C@H]1[C@H]2C. The molecule has 1 aromatic rings. The lowest BCUT2D eigenvalue weighted by Crippen LogP contribution is -2.53. The van der Waals surface area contributed by atoms with Crippen molar-refractivity contribution in [3.05, 3.63) is 58.7 Å². The molecule has 5 heteroatoms. The normalized spacial score (nSPS) is 40.1. The molecule has 6 aliphatic rings. The fraction of sp³-hybridized carbons (Fsp3) is 0.692. The van der Waals surface area contributed by atoms with Crippen molar-refractivity contribution in [2.75, 3.05) is 19.6 Å². The molecule has 0 unspecified atom stereocenters. The van der Waals surface area contributed by atoms with Crippen LogP contribution in [0.5, 0.6) is 0 Å². The van der Waals surface area contributed by atoms with E-state index in [-0.39, 0.29) is 23.0 Å². The highest BCUT2D eigenvalue weighted by molar-refractivity contribution is 5.82. The molecule has 1 spiro atoms. The van der Waals surface area contributed by atoms with Gasteiger partial charge >= 0.3 is 0 Å². The van der Waals surface area contributed by atoms with Gasteiger partial charge in [0, 0.05) is 50.9 Å². The number of carbonyl (C=O) groups excluding carboxylic acids is 2. The molecule has 2 saturated carbocycles. The molecule has 9 atom stereocenters. The van der Waals surface area contributed by atoms with Crippen LogP contribution in [0.1, 0.15) is 97.5 Å². The first-order chi connectivity index (χ1) is 21.2. The first-order valence-corrected chi connectivity index (χ1v) is 17.8. The zero-order chi connectivity index (χ0) is 30.6. The van der Waals surface area contributed by atoms with E-state index in [9.17, 15) is 9.59 Å². The van der Waals surface area contributed by atoms with Crippen molar-refractivity contribution >= 4 is 11.7 Å². The quantitative estimate of drug-likeness (QED) is 0.356. The van der Waals surface area contributed by atoms with Crippen LogP contribution < -0.4 is 5.32 Å². The van der Waals surface area contributed by atoms with Crippen LogP contribution in [0.25, 0.3) is 0 Å². The number of amides is 1. The van der Waals surface area contributed by atoms with Gasteiger partial charge in [-0.2, -0.15) is 0 Å². The minimum atomic E-state index is -0.0790. The summed E-state index contributed by atoms with van der Waals surface area (Å²) in [5.74, 6) is 3.76. The monoisotopic (exact) mass is 598 g/mol. The zero-order valence-corrected chi connectivity index (χ0v) is 27.6. The molecule has 2 heterocycles. The summed E-state index contributed by atoms with van der Waals surface area (Å²) in [6.45, 7) is 12.5. The Hall–Kier alpha value is -2.24. The van der Waals surface area contributed by atoms with Crippen molar-refractivity contribution in [3.8, 4) is 0 Å². The highest BCUT2D eigenvalue weighted by Crippen LogP contribution is 2.63. The second kappa shape index (κ2) is 11.8. The highest BCUT2D eigenvalue weighted by Gasteiger charge is 2.59. The maximum atomic E-state index is 12.7. The van der Waals surface area contributed by atoms with Gasteiger partial charge in [0.2, 0.25) is 5.91 Å². The number of aryl methyl sites for hydroxylation is 1. The lowest BCUT2D eigenvalue weighted by Gasteiger charge is -2.47. The summed E-state index contributed by atoms with van der Waals surface area (Å²) in [6, 6.07) is 10.7. The van der Waals surface area contributed by atoms with E-state index in [1.165, 1.54) is 24.0 Å². The lowest BCUT2D eigenvalue weighted by molar-refractivity contribution is -0.122. The van der Waals surface area contributed by atoms with Crippen LogP contribution in [0.15, 0.2) is 53.1 Å². The third kappa shape index (κ3) is 5.34. The lowest BCUT2D eigenvalue weighted by atomic mass is 9.57. The largest absolute Gasteiger partial charge is 0.369 e. The molecule has 7 rings (SSSR count). The Morgan fingerprint density at radius 3 is 2.80 bits per heavy atom. The molecule has 0 aromatic heterocycles. The Kier molecular flexibility index (Phi) is 8.19. The van der Waals surface area contributed by atoms with Gasteiger partial charge in [0.25, 0.3) is 0 Å². The summed E-state index contributed by atoms with van der Waals surface area (Å²) in [6.07, 6.45) is 13.6. The number of benzene rings is 1. The number of ketones is 1. The van der Waals surface area contributed by atoms with Crippen molar-refractivity contribution in [1.29, 1.82) is 0 Å². The van der Waals surface area contributed by atoms with Crippen LogP contribution in [0.3, 0.4) is 0 Å². The van der Waals surface area contributed by atoms with E-state index >= 15 is 0 Å². The van der Waals surface area contributed by atoms with Crippen LogP contribution in [0.2, 0.25) is 0 Å². The van der Waals surface area contributed by atoms with Crippen LogP contribution >= 0.6 is 0 Å². The van der Waals surface area contributed by atoms with Gasteiger partial charge in [-0.05, 0) is 92.9 Å². The number of nitrogens with zero attached hydrogens (tertiary/aromatic N) is 1. The molecule has 44 heavy (non-hydrogen) atoms. The van der Waals surface area contributed by atoms with Crippen LogP contribution in [-0.4, -0.2) is 54.0 Å². The minimum Gasteiger partial charge on any atom is -0.369 e. The van der Waals surface area contributed by atoms with Gasteiger partial charge in [-0.25, -0.2) is 0 Å². The van der Waals surface area contributed by atoms with Gasteiger partial charge in [-0.1, -0.05) is 73.9 Å². The van der Waals surface area contributed by atoms with Crippen molar-refractivity contribution in [1.82, 2.24) is 10.2 Å². The summed E-state index contributed by atoms with van der Waals surface area (Å²) in [4.78, 5) is 27.6. The molecule has 1 amide bonds. The molecule has 4 fully saturated rings. The van der Waals surface area contributed by atoms with Crippen LogP contribution in [0, 0.1) is 35.0 Å². The summed E-state index contributed by atoms with van der Waals surface area (Å²) in [7, 11) is 0. The predicted molar refractivity (Wildman–Crippen MR) is 175 cm³/mol. The summed E-state index contributed by atoms with van der Waals surface area (Å²) in [5, 5.41) is 3.22. The number of fused-ring (bicyclic) bond motifs is 6. The maximum absolute atomic E-state index is 12.7. The number of carbonyl (C=O) groups is 2. The Labute approximate surface area is 265 Å². The fourth-order valence-electron chi connectivity index (χ4n) is 11.0. The van der Waals surface area contributed by atoms with Gasteiger partial charge in [-0.3, -0.25) is 14.5 Å². The highest BCUT2D eigenvalue weighted by atomic mass is 16.5. The molecule has 1 aromatic carbocycles. The zero-order valence-electron chi connectivity index (χ0n) is 27.6. The van der Waals surface area contributed by atoms with Crippen LogP contribution in [0.4, 0.5) is 0 Å². The van der Waals surface area contributed by atoms with E-state index in [1.54, 1.807) is 11.1 Å². The molecule has 0 bridgehead atoms. The van der Waals surface area contributed by atoms with Crippen molar-refractivity contribution < 1.29 is 14.3 Å². The molecular weight excluding hydrogens is 544 g/mol. The number of hydrogen-bond acceptors (Lipinski definition) is 4. The number of rotatable bonds is 6. The molecule has 2 saturated heterocycles. The number of Topliss-reactive ketones (excluding diaryl/α,β-unsaturated/α-hetero) is 1. The van der Waals surface area contributed by atoms with E-state index < -0.39 is 0 Å². The van der Waals surface area contributed by atoms with Gasteiger partial charge in [-0.15, -0.1) is 0 Å². The number of allylic oxidation sites excluding steroid dienone is 3. The van der Waals surface area contributed by atoms with Crippen LogP contribution in [-0.2, 0) is 20.7 Å². The Morgan fingerprint density at radius 1 is 1.16 bits per heavy atom. The maximum Gasteiger partial charge on any atom is 0.220 e. The first-order valence-electron chi connectivity index (χ1n) is 17.8. The van der Waals surface area contributed by atoms with Gasteiger partial charge in [0.15, 0.2) is 0 Å². The number of ether oxygens (including phenoxy) is 1. The summed E-state index contributed by atoms with van der Waals surface area (Å²) >= 11 is 0. The summed E-state index contributed by atoms with van der Waals surface area (Å²) < 4.78 is 7.28. The average Bonchev–Trinajstić information content (AvgIpc) is 3.47. The standard InChI is InChI=1S/C39H54N2O3/c1-25-20-35-37(41(24-25)19-18-40-36(43)13-10-28-8-6-5-7-9-28)27(3)39(44-35)17-15-31-32-12-11-29-21-30(42)14-16-38(29,4)34(32)22-33(31)26(2)23-39/h5-9,11,25,27,31-32,34-35,37H,10,12-24H2,1-4H3,(H,40,43)/t25-,27+,31-,32-,34-,35+,37-,38-,39-/m0/s1. The number of nitrogens with one attached hydrogen (secondary N) is 1. The summed E-state index contributed by atoms with van der Waals surface area (Å²) in [5.41, 5.74) is 6.17. The number of hydrogen-bond donors (Lipinski definition) is 1. The Balaban J connectivity index is 1.02. The third-order valence-electron chi connectivity index (χ3n) is 13.3. The van der Waals surface area contributed by atoms with E-state index in [0.29, 0.717) is 54.9 Å². The predicted octanol–water partition coefficient (Wildman–Crippen LogP) is 7.06.